The molecule has 2 aliphatic rings. The molecule has 2 saturated heterocycles. The number of rotatable bonds is 3. The maximum Gasteiger partial charge on any atom is 0.0877 e. The summed E-state index contributed by atoms with van der Waals surface area (Å²) in [4.78, 5) is 0.182. The maximum absolute atomic E-state index is 10.2. The Labute approximate surface area is 123 Å². The van der Waals surface area contributed by atoms with Crippen LogP contribution in [0.1, 0.15) is 32.6 Å². The lowest BCUT2D eigenvalue weighted by atomic mass is 9.97. The highest BCUT2D eigenvalue weighted by Crippen LogP contribution is 2.35. The van der Waals surface area contributed by atoms with Crippen molar-refractivity contribution >= 4 is 15.9 Å². The molecule has 6 atom stereocenters. The SMILES string of the molecule is C#CC=CCC1O[C@@H]2C[C@H]1O[C@H](CC)[C@@H](Br)C[C@H]2O. The van der Waals surface area contributed by atoms with Crippen molar-refractivity contribution in [2.75, 3.05) is 0 Å². The summed E-state index contributed by atoms with van der Waals surface area (Å²) in [5.74, 6) is 2.48. The van der Waals surface area contributed by atoms with E-state index in [1.165, 1.54) is 0 Å². The summed E-state index contributed by atoms with van der Waals surface area (Å²) in [5, 5.41) is 10.2. The van der Waals surface area contributed by atoms with Crippen LogP contribution in [0.25, 0.3) is 0 Å². The number of hydrogen-bond acceptors (Lipinski definition) is 3. The van der Waals surface area contributed by atoms with Crippen molar-refractivity contribution in [3.05, 3.63) is 12.2 Å². The van der Waals surface area contributed by atoms with Gasteiger partial charge in [-0.2, -0.15) is 0 Å². The van der Waals surface area contributed by atoms with Crippen molar-refractivity contribution in [2.45, 2.75) is 68.0 Å². The second-order valence-corrected chi connectivity index (χ2v) is 6.37. The third-order valence-electron chi connectivity index (χ3n) is 3.86. The molecule has 1 unspecified atom stereocenters. The highest BCUT2D eigenvalue weighted by molar-refractivity contribution is 9.09. The lowest BCUT2D eigenvalue weighted by Gasteiger charge is -2.30. The number of allylic oxidation sites excluding steroid dienone is 1. The topological polar surface area (TPSA) is 38.7 Å². The zero-order chi connectivity index (χ0) is 13.8. The van der Waals surface area contributed by atoms with Gasteiger partial charge in [-0.15, -0.1) is 6.42 Å². The smallest absolute Gasteiger partial charge is 0.0877 e. The molecule has 0 aromatic heterocycles. The summed E-state index contributed by atoms with van der Waals surface area (Å²) in [7, 11) is 0. The van der Waals surface area contributed by atoms with Gasteiger partial charge in [0.1, 0.15) is 0 Å². The van der Waals surface area contributed by atoms with Crippen LogP contribution in [-0.4, -0.2) is 40.5 Å². The average molecular weight is 329 g/mol. The van der Waals surface area contributed by atoms with E-state index in [1.807, 2.05) is 6.08 Å². The fourth-order valence-electron chi connectivity index (χ4n) is 2.81. The van der Waals surface area contributed by atoms with Crippen LogP contribution in [0.4, 0.5) is 0 Å². The Bertz CT molecular complexity index is 363. The molecule has 0 spiro atoms. The molecule has 0 aromatic rings. The van der Waals surface area contributed by atoms with E-state index in [0.717, 1.165) is 19.3 Å². The van der Waals surface area contributed by atoms with Crippen LogP contribution in [0.5, 0.6) is 0 Å². The van der Waals surface area contributed by atoms with Gasteiger partial charge in [0.15, 0.2) is 0 Å². The zero-order valence-electron chi connectivity index (χ0n) is 11.2. The van der Waals surface area contributed by atoms with E-state index in [1.54, 1.807) is 6.08 Å². The predicted octanol–water partition coefficient (Wildman–Crippen LogP) is 2.42. The standard InChI is InChI=1S/C15H21BrO3/c1-3-5-6-7-13-15-9-14(19-13)11(17)8-10(16)12(4-2)18-15/h1,5-6,10-15,17H,4,7-9H2,2H3/t10-,11+,12+,13?,14+,15+/m0/s1. The molecule has 106 valence electrons. The first-order chi connectivity index (χ1) is 9.15. The lowest BCUT2D eigenvalue weighted by molar-refractivity contribution is -0.0532. The van der Waals surface area contributed by atoms with Crippen LogP contribution < -0.4 is 0 Å². The van der Waals surface area contributed by atoms with Crippen LogP contribution in [0.3, 0.4) is 0 Å². The minimum atomic E-state index is -0.425. The Morgan fingerprint density at radius 2 is 2.05 bits per heavy atom. The van der Waals surface area contributed by atoms with Gasteiger partial charge in [-0.1, -0.05) is 34.9 Å². The van der Waals surface area contributed by atoms with E-state index in [2.05, 4.69) is 28.8 Å². The minimum absolute atomic E-state index is 0.00361. The highest BCUT2D eigenvalue weighted by Gasteiger charge is 2.43. The van der Waals surface area contributed by atoms with E-state index in [0.29, 0.717) is 6.42 Å². The van der Waals surface area contributed by atoms with E-state index in [-0.39, 0.29) is 29.2 Å². The van der Waals surface area contributed by atoms with Crippen molar-refractivity contribution < 1.29 is 14.6 Å². The number of fused-ring (bicyclic) bond motifs is 2. The quantitative estimate of drug-likeness (QED) is 0.638. The molecular formula is C15H21BrO3. The summed E-state index contributed by atoms with van der Waals surface area (Å²) in [6.45, 7) is 2.10. The fourth-order valence-corrected chi connectivity index (χ4v) is 3.69. The average Bonchev–Trinajstić information content (AvgIpc) is 2.79. The van der Waals surface area contributed by atoms with Crippen molar-refractivity contribution in [1.82, 2.24) is 0 Å². The first-order valence-electron chi connectivity index (χ1n) is 6.89. The molecule has 0 aliphatic carbocycles. The van der Waals surface area contributed by atoms with Gasteiger partial charge in [-0.05, 0) is 25.3 Å². The Hall–Kier alpha value is -0.340. The molecule has 1 N–H and O–H groups in total. The molecule has 19 heavy (non-hydrogen) atoms. The first-order valence-corrected chi connectivity index (χ1v) is 7.81. The molecular weight excluding hydrogens is 308 g/mol. The van der Waals surface area contributed by atoms with Crippen molar-refractivity contribution in [1.29, 1.82) is 0 Å². The summed E-state index contributed by atoms with van der Waals surface area (Å²) >= 11 is 3.63. The molecule has 2 fully saturated rings. The summed E-state index contributed by atoms with van der Waals surface area (Å²) in [6, 6.07) is 0. The second-order valence-electron chi connectivity index (χ2n) is 5.19. The Balaban J connectivity index is 2.07. The number of ether oxygens (including phenoxy) is 2. The molecule has 0 aromatic carbocycles. The van der Waals surface area contributed by atoms with E-state index in [9.17, 15) is 5.11 Å². The lowest BCUT2D eigenvalue weighted by Crippen LogP contribution is -2.38. The van der Waals surface area contributed by atoms with E-state index in [4.69, 9.17) is 15.9 Å². The van der Waals surface area contributed by atoms with Crippen LogP contribution in [0.15, 0.2) is 12.2 Å². The molecule has 0 radical (unpaired) electrons. The van der Waals surface area contributed by atoms with Crippen molar-refractivity contribution in [2.24, 2.45) is 0 Å². The minimum Gasteiger partial charge on any atom is -0.390 e. The molecule has 4 heteroatoms. The second kappa shape index (κ2) is 6.90. The molecule has 0 saturated carbocycles. The van der Waals surface area contributed by atoms with Gasteiger partial charge in [-0.25, -0.2) is 0 Å². The largest absolute Gasteiger partial charge is 0.390 e. The van der Waals surface area contributed by atoms with Gasteiger partial charge in [0.05, 0.1) is 30.5 Å². The summed E-state index contributed by atoms with van der Waals surface area (Å²) in [6.07, 6.45) is 11.6. The number of alkyl halides is 1. The first kappa shape index (κ1) is 15.1. The van der Waals surface area contributed by atoms with Gasteiger partial charge >= 0.3 is 0 Å². The van der Waals surface area contributed by atoms with Crippen LogP contribution >= 0.6 is 15.9 Å². The van der Waals surface area contributed by atoms with E-state index >= 15 is 0 Å². The number of aliphatic hydroxyl groups excluding tert-OH is 1. The van der Waals surface area contributed by atoms with Gasteiger partial charge < -0.3 is 14.6 Å². The third-order valence-corrected chi connectivity index (χ3v) is 4.83. The third kappa shape index (κ3) is 3.61. The Kier molecular flexibility index (Phi) is 5.47. The summed E-state index contributed by atoms with van der Waals surface area (Å²) in [5.41, 5.74) is 0. The van der Waals surface area contributed by atoms with Gasteiger partial charge in [0, 0.05) is 11.2 Å². The van der Waals surface area contributed by atoms with Crippen LogP contribution in [0.2, 0.25) is 0 Å². The van der Waals surface area contributed by atoms with Crippen LogP contribution in [-0.2, 0) is 9.47 Å². The highest BCUT2D eigenvalue weighted by atomic mass is 79.9. The predicted molar refractivity (Wildman–Crippen MR) is 78.2 cm³/mol. The monoisotopic (exact) mass is 328 g/mol. The normalized spacial score (nSPS) is 42.8. The molecule has 2 rings (SSSR count). The number of terminal acetylenes is 1. The molecule has 3 nitrogen and oxygen atoms in total. The zero-order valence-corrected chi connectivity index (χ0v) is 12.8. The van der Waals surface area contributed by atoms with Gasteiger partial charge in [-0.3, -0.25) is 0 Å². The maximum atomic E-state index is 10.2. The van der Waals surface area contributed by atoms with Crippen LogP contribution in [0, 0.1) is 12.3 Å². The van der Waals surface area contributed by atoms with Crippen molar-refractivity contribution in [3.8, 4) is 12.3 Å². The Morgan fingerprint density at radius 1 is 1.32 bits per heavy atom. The summed E-state index contributed by atoms with van der Waals surface area (Å²) < 4.78 is 12.1. The number of aliphatic hydroxyl groups is 1. The Morgan fingerprint density at radius 3 is 2.74 bits per heavy atom. The molecule has 2 bridgehead atoms. The number of halogens is 1. The van der Waals surface area contributed by atoms with E-state index < -0.39 is 6.10 Å². The molecule has 2 aliphatic heterocycles. The number of hydrogen-bond donors (Lipinski definition) is 1. The molecule has 0 amide bonds. The van der Waals surface area contributed by atoms with Gasteiger partial charge in [0.25, 0.3) is 0 Å². The van der Waals surface area contributed by atoms with Gasteiger partial charge in [0.2, 0.25) is 0 Å². The van der Waals surface area contributed by atoms with Crippen molar-refractivity contribution in [3.63, 3.8) is 0 Å². The fraction of sp³-hybridized carbons (Fsp3) is 0.733. The molecule has 2 heterocycles.